The van der Waals surface area contributed by atoms with Crippen molar-refractivity contribution < 1.29 is 9.53 Å². The van der Waals surface area contributed by atoms with E-state index >= 15 is 0 Å². The summed E-state index contributed by atoms with van der Waals surface area (Å²) >= 11 is 3.52. The number of alkyl carbamates (subject to hydrolysis) is 1. The average Bonchev–Trinajstić information content (AvgIpc) is 2.88. The molecule has 1 fully saturated rings. The Morgan fingerprint density at radius 1 is 1.47 bits per heavy atom. The number of nitrogens with zero attached hydrogens (tertiary/aromatic N) is 1. The summed E-state index contributed by atoms with van der Waals surface area (Å²) in [6.07, 6.45) is 1.60. The molecule has 1 aliphatic rings. The van der Waals surface area contributed by atoms with Crippen molar-refractivity contribution in [2.24, 2.45) is 0 Å². The van der Waals surface area contributed by atoms with Gasteiger partial charge in [-0.15, -0.1) is 0 Å². The summed E-state index contributed by atoms with van der Waals surface area (Å²) < 4.78 is 8.31. The van der Waals surface area contributed by atoms with Gasteiger partial charge in [0.15, 0.2) is 0 Å². The first kappa shape index (κ1) is 10.7. The van der Waals surface area contributed by atoms with Crippen LogP contribution in [0.3, 0.4) is 0 Å². The summed E-state index contributed by atoms with van der Waals surface area (Å²) in [5.74, 6) is 0. The Morgan fingerprint density at radius 3 is 3.12 bits per heavy atom. The summed E-state index contributed by atoms with van der Waals surface area (Å²) in [5.41, 5.74) is 1.14. The lowest BCUT2D eigenvalue weighted by atomic mass is 10.2. The van der Waals surface area contributed by atoms with E-state index in [0.29, 0.717) is 13.1 Å². The molecule has 3 rings (SSSR count). The lowest BCUT2D eigenvalue weighted by molar-refractivity contribution is 0.131. The topological polar surface area (TPSA) is 43.3 Å². The van der Waals surface area contributed by atoms with E-state index in [4.69, 9.17) is 4.74 Å². The van der Waals surface area contributed by atoms with Crippen LogP contribution in [0.2, 0.25) is 0 Å². The van der Waals surface area contributed by atoms with Crippen molar-refractivity contribution in [3.05, 3.63) is 34.9 Å². The number of aromatic nitrogens is 1. The molecular formula is C12H11BrN2O2. The van der Waals surface area contributed by atoms with E-state index < -0.39 is 0 Å². The third-order valence-electron chi connectivity index (χ3n) is 2.91. The maximum atomic E-state index is 10.9. The number of fused-ring (bicyclic) bond motifs is 1. The van der Waals surface area contributed by atoms with E-state index in [0.717, 1.165) is 9.99 Å². The minimum absolute atomic E-state index is 0.0860. The van der Waals surface area contributed by atoms with Crippen LogP contribution in [0.4, 0.5) is 4.79 Å². The number of rotatable bonds is 2. The van der Waals surface area contributed by atoms with E-state index in [1.54, 1.807) is 0 Å². The summed E-state index contributed by atoms with van der Waals surface area (Å²) in [6.45, 7) is 1.26. The molecule has 1 aromatic heterocycles. The molecule has 0 spiro atoms. The second kappa shape index (κ2) is 4.07. The molecule has 0 aliphatic carbocycles. The highest BCUT2D eigenvalue weighted by molar-refractivity contribution is 9.10. The number of halogens is 1. The first-order valence-corrected chi connectivity index (χ1v) is 6.21. The molecule has 1 N–H and O–H groups in total. The van der Waals surface area contributed by atoms with Crippen molar-refractivity contribution >= 4 is 32.9 Å². The molecule has 0 saturated carbocycles. The van der Waals surface area contributed by atoms with E-state index in [2.05, 4.69) is 37.9 Å². The fourth-order valence-corrected chi connectivity index (χ4v) is 2.59. The Morgan fingerprint density at radius 2 is 2.35 bits per heavy atom. The number of carbonyl (C=O) groups excluding carboxylic acids is 1. The second-order valence-corrected chi connectivity index (χ2v) is 4.90. The van der Waals surface area contributed by atoms with Crippen molar-refractivity contribution in [3.63, 3.8) is 0 Å². The highest BCUT2D eigenvalue weighted by atomic mass is 79.9. The number of hydrogen-bond acceptors (Lipinski definition) is 2. The van der Waals surface area contributed by atoms with Gasteiger partial charge in [0.2, 0.25) is 0 Å². The molecule has 1 aliphatic heterocycles. The zero-order valence-electron chi connectivity index (χ0n) is 9.02. The molecule has 2 aromatic rings. The molecule has 1 unspecified atom stereocenters. The standard InChI is InChI=1S/C12H11BrN2O2/c13-10-2-1-3-11-9(10)4-5-15(11)7-8-6-14-12(16)17-8/h1-5,8H,6-7H2,(H,14,16). The van der Waals surface area contributed by atoms with Gasteiger partial charge in [0.1, 0.15) is 6.10 Å². The van der Waals surface area contributed by atoms with Gasteiger partial charge in [-0.25, -0.2) is 4.79 Å². The van der Waals surface area contributed by atoms with Gasteiger partial charge in [-0.1, -0.05) is 22.0 Å². The van der Waals surface area contributed by atoms with Crippen molar-refractivity contribution in [1.29, 1.82) is 0 Å². The number of benzene rings is 1. The van der Waals surface area contributed by atoms with Gasteiger partial charge in [-0.05, 0) is 18.2 Å². The summed E-state index contributed by atoms with van der Waals surface area (Å²) in [7, 11) is 0. The largest absolute Gasteiger partial charge is 0.442 e. The maximum Gasteiger partial charge on any atom is 0.407 e. The molecule has 1 aromatic carbocycles. The first-order valence-electron chi connectivity index (χ1n) is 5.42. The van der Waals surface area contributed by atoms with E-state index in [9.17, 15) is 4.79 Å². The number of carbonyl (C=O) groups is 1. The zero-order chi connectivity index (χ0) is 11.8. The molecule has 0 bridgehead atoms. The highest BCUT2D eigenvalue weighted by Gasteiger charge is 2.23. The molecule has 1 atom stereocenters. The van der Waals surface area contributed by atoms with Gasteiger partial charge >= 0.3 is 6.09 Å². The first-order chi connectivity index (χ1) is 8.24. The quantitative estimate of drug-likeness (QED) is 0.925. The fraction of sp³-hybridized carbons (Fsp3) is 0.250. The van der Waals surface area contributed by atoms with Gasteiger partial charge in [-0.2, -0.15) is 0 Å². The Bertz CT molecular complexity index is 579. The Hall–Kier alpha value is -1.49. The molecule has 4 nitrogen and oxygen atoms in total. The van der Waals surface area contributed by atoms with Crippen LogP contribution in [-0.4, -0.2) is 23.3 Å². The van der Waals surface area contributed by atoms with Gasteiger partial charge in [0.05, 0.1) is 13.1 Å². The van der Waals surface area contributed by atoms with Crippen LogP contribution in [0.1, 0.15) is 0 Å². The van der Waals surface area contributed by atoms with Gasteiger partial charge in [0.25, 0.3) is 0 Å². The molecule has 2 heterocycles. The number of amides is 1. The van der Waals surface area contributed by atoms with Crippen molar-refractivity contribution in [2.45, 2.75) is 12.6 Å². The van der Waals surface area contributed by atoms with Crippen LogP contribution < -0.4 is 5.32 Å². The van der Waals surface area contributed by atoms with E-state index in [1.807, 2.05) is 18.3 Å². The van der Waals surface area contributed by atoms with Gasteiger partial charge < -0.3 is 14.6 Å². The summed E-state index contributed by atoms with van der Waals surface area (Å²) in [6, 6.07) is 8.14. The lowest BCUT2D eigenvalue weighted by Crippen LogP contribution is -2.20. The number of cyclic esters (lactones) is 1. The molecule has 1 amide bonds. The summed E-state index contributed by atoms with van der Waals surface area (Å²) in [5, 5.41) is 3.83. The predicted octanol–water partition coefficient (Wildman–Crippen LogP) is 2.51. The maximum absolute atomic E-state index is 10.9. The number of hydrogen-bond donors (Lipinski definition) is 1. The van der Waals surface area contributed by atoms with Crippen molar-refractivity contribution in [2.75, 3.05) is 6.54 Å². The van der Waals surface area contributed by atoms with E-state index in [1.165, 1.54) is 5.39 Å². The summed E-state index contributed by atoms with van der Waals surface area (Å²) in [4.78, 5) is 10.9. The third-order valence-corrected chi connectivity index (χ3v) is 3.60. The van der Waals surface area contributed by atoms with Crippen LogP contribution >= 0.6 is 15.9 Å². The average molecular weight is 295 g/mol. The molecule has 17 heavy (non-hydrogen) atoms. The van der Waals surface area contributed by atoms with Crippen LogP contribution in [0.15, 0.2) is 34.9 Å². The SMILES string of the molecule is O=C1NCC(Cn2ccc3c(Br)cccc32)O1. The Labute approximate surface area is 107 Å². The number of nitrogens with one attached hydrogen (secondary N) is 1. The van der Waals surface area contributed by atoms with E-state index in [-0.39, 0.29) is 12.2 Å². The lowest BCUT2D eigenvalue weighted by Gasteiger charge is -2.10. The third kappa shape index (κ3) is 1.91. The number of ether oxygens (including phenoxy) is 1. The van der Waals surface area contributed by atoms with Gasteiger partial charge in [0, 0.05) is 21.6 Å². The normalized spacial score (nSPS) is 19.4. The minimum Gasteiger partial charge on any atom is -0.442 e. The Kier molecular flexibility index (Phi) is 2.55. The van der Waals surface area contributed by atoms with Crippen LogP contribution in [0, 0.1) is 0 Å². The van der Waals surface area contributed by atoms with Crippen LogP contribution in [0.25, 0.3) is 10.9 Å². The molecule has 88 valence electrons. The van der Waals surface area contributed by atoms with Gasteiger partial charge in [-0.3, -0.25) is 0 Å². The van der Waals surface area contributed by atoms with Crippen molar-refractivity contribution in [1.82, 2.24) is 9.88 Å². The second-order valence-electron chi connectivity index (χ2n) is 4.05. The van der Waals surface area contributed by atoms with Crippen molar-refractivity contribution in [3.8, 4) is 0 Å². The molecular weight excluding hydrogens is 284 g/mol. The van der Waals surface area contributed by atoms with Crippen LogP contribution in [-0.2, 0) is 11.3 Å². The fourth-order valence-electron chi connectivity index (χ4n) is 2.10. The molecule has 5 heteroatoms. The molecule has 0 radical (unpaired) electrons. The highest BCUT2D eigenvalue weighted by Crippen LogP contribution is 2.25. The Balaban J connectivity index is 1.91. The van der Waals surface area contributed by atoms with Crippen LogP contribution in [0.5, 0.6) is 0 Å². The monoisotopic (exact) mass is 294 g/mol. The smallest absolute Gasteiger partial charge is 0.407 e. The minimum atomic E-state index is -0.326. The molecule has 1 saturated heterocycles. The zero-order valence-corrected chi connectivity index (χ0v) is 10.6. The predicted molar refractivity (Wildman–Crippen MR) is 67.9 cm³/mol.